The van der Waals surface area contributed by atoms with E-state index in [0.717, 1.165) is 26.0 Å². The van der Waals surface area contributed by atoms with E-state index in [2.05, 4.69) is 22.3 Å². The number of aromatic nitrogens is 3. The van der Waals surface area contributed by atoms with Crippen LogP contribution in [-0.4, -0.2) is 33.9 Å². The van der Waals surface area contributed by atoms with Gasteiger partial charge in [-0.05, 0) is 25.0 Å². The van der Waals surface area contributed by atoms with Crippen molar-refractivity contribution in [2.75, 3.05) is 18.5 Å². The lowest BCUT2D eigenvalue weighted by Gasteiger charge is -2.16. The molecule has 5 nitrogen and oxygen atoms in total. The highest BCUT2D eigenvalue weighted by Crippen LogP contribution is 2.23. The Bertz CT molecular complexity index is 571. The molecule has 0 aromatic carbocycles. The van der Waals surface area contributed by atoms with Crippen LogP contribution < -0.4 is 5.32 Å². The number of hydrogen-bond acceptors (Lipinski definition) is 4. The number of anilines is 1. The van der Waals surface area contributed by atoms with Crippen molar-refractivity contribution in [3.05, 3.63) is 24.1 Å². The molecular weight excluding hydrogens is 247 g/mol. The van der Waals surface area contributed by atoms with Gasteiger partial charge in [0.15, 0.2) is 5.65 Å². The molecule has 2 aromatic rings. The molecule has 1 saturated heterocycles. The van der Waals surface area contributed by atoms with Gasteiger partial charge >= 0.3 is 0 Å². The Kier molecular flexibility index (Phi) is 3.33. The second-order valence-corrected chi connectivity index (χ2v) is 4.83. The predicted molar refractivity (Wildman–Crippen MR) is 69.6 cm³/mol. The lowest BCUT2D eigenvalue weighted by molar-refractivity contribution is 0.0900. The van der Waals surface area contributed by atoms with Crippen molar-refractivity contribution in [3.8, 4) is 0 Å². The van der Waals surface area contributed by atoms with E-state index in [1.165, 1.54) is 16.8 Å². The van der Waals surface area contributed by atoms with E-state index < -0.39 is 0 Å². The fourth-order valence-electron chi connectivity index (χ4n) is 2.53. The number of hydrogen-bond donors (Lipinski definition) is 1. The minimum Gasteiger partial charge on any atom is -0.378 e. The van der Waals surface area contributed by atoms with Gasteiger partial charge in [-0.25, -0.2) is 8.91 Å². The Morgan fingerprint density at radius 3 is 3.26 bits per heavy atom. The standard InChI is InChI=1S/C13H17FN4O/c1-2-11-9(5-6-19-11)7-15-13-16-12-4-3-10(14)8-18(12)17-13/h3-4,8-9,11H,2,5-7H2,1H3,(H,15,17). The maximum atomic E-state index is 13.0. The normalized spacial score (nSPS) is 23.1. The van der Waals surface area contributed by atoms with E-state index in [4.69, 9.17) is 4.74 Å². The molecule has 0 bridgehead atoms. The zero-order valence-electron chi connectivity index (χ0n) is 10.8. The van der Waals surface area contributed by atoms with E-state index in [1.807, 2.05) is 0 Å². The van der Waals surface area contributed by atoms with Crippen LogP contribution in [0.2, 0.25) is 0 Å². The van der Waals surface area contributed by atoms with Gasteiger partial charge in [-0.1, -0.05) is 6.92 Å². The Hall–Kier alpha value is -1.69. The topological polar surface area (TPSA) is 51.5 Å². The average Bonchev–Trinajstić information content (AvgIpc) is 3.01. The molecule has 3 heterocycles. The lowest BCUT2D eigenvalue weighted by atomic mass is 10.00. The first-order chi connectivity index (χ1) is 9.26. The highest BCUT2D eigenvalue weighted by molar-refractivity contribution is 5.43. The van der Waals surface area contributed by atoms with Crippen LogP contribution >= 0.6 is 0 Å². The molecule has 0 radical (unpaired) electrons. The Balaban J connectivity index is 1.68. The highest BCUT2D eigenvalue weighted by Gasteiger charge is 2.26. The summed E-state index contributed by atoms with van der Waals surface area (Å²) < 4.78 is 20.1. The third kappa shape index (κ3) is 2.53. The van der Waals surface area contributed by atoms with Gasteiger partial charge in [-0.2, -0.15) is 4.98 Å². The summed E-state index contributed by atoms with van der Waals surface area (Å²) in [7, 11) is 0. The van der Waals surface area contributed by atoms with Crippen LogP contribution in [-0.2, 0) is 4.74 Å². The van der Waals surface area contributed by atoms with Gasteiger partial charge < -0.3 is 10.1 Å². The number of nitrogens with zero attached hydrogens (tertiary/aromatic N) is 3. The van der Waals surface area contributed by atoms with Gasteiger partial charge in [0.1, 0.15) is 5.82 Å². The van der Waals surface area contributed by atoms with Crippen LogP contribution in [0.4, 0.5) is 10.3 Å². The minimum absolute atomic E-state index is 0.320. The Morgan fingerprint density at radius 2 is 2.42 bits per heavy atom. The zero-order valence-corrected chi connectivity index (χ0v) is 10.8. The number of ether oxygens (including phenoxy) is 1. The quantitative estimate of drug-likeness (QED) is 0.918. The molecule has 1 N–H and O–H groups in total. The third-order valence-electron chi connectivity index (χ3n) is 3.57. The fourth-order valence-corrected chi connectivity index (χ4v) is 2.53. The van der Waals surface area contributed by atoms with Gasteiger partial charge in [0.05, 0.1) is 12.3 Å². The first kappa shape index (κ1) is 12.3. The zero-order chi connectivity index (χ0) is 13.2. The molecule has 0 amide bonds. The van der Waals surface area contributed by atoms with Gasteiger partial charge in [-0.15, -0.1) is 5.10 Å². The smallest absolute Gasteiger partial charge is 0.243 e. The van der Waals surface area contributed by atoms with Crippen LogP contribution in [0.1, 0.15) is 19.8 Å². The maximum absolute atomic E-state index is 13.0. The van der Waals surface area contributed by atoms with Crippen LogP contribution in [0.15, 0.2) is 18.3 Å². The molecule has 1 fully saturated rings. The van der Waals surface area contributed by atoms with Crippen molar-refractivity contribution in [1.82, 2.24) is 14.6 Å². The summed E-state index contributed by atoms with van der Waals surface area (Å²) in [6.45, 7) is 3.75. The van der Waals surface area contributed by atoms with Crippen LogP contribution in [0, 0.1) is 11.7 Å². The summed E-state index contributed by atoms with van der Waals surface area (Å²) in [5, 5.41) is 7.41. The molecule has 19 heavy (non-hydrogen) atoms. The molecule has 102 valence electrons. The van der Waals surface area contributed by atoms with Crippen molar-refractivity contribution in [1.29, 1.82) is 0 Å². The molecule has 1 aliphatic heterocycles. The van der Waals surface area contributed by atoms with Crippen molar-refractivity contribution in [3.63, 3.8) is 0 Å². The van der Waals surface area contributed by atoms with E-state index in [1.54, 1.807) is 6.07 Å². The second kappa shape index (κ2) is 5.13. The van der Waals surface area contributed by atoms with E-state index in [0.29, 0.717) is 23.6 Å². The molecule has 0 aliphatic carbocycles. The first-order valence-corrected chi connectivity index (χ1v) is 6.63. The predicted octanol–water partition coefficient (Wildman–Crippen LogP) is 2.10. The number of nitrogens with one attached hydrogen (secondary N) is 1. The second-order valence-electron chi connectivity index (χ2n) is 4.83. The third-order valence-corrected chi connectivity index (χ3v) is 3.57. The van der Waals surface area contributed by atoms with Crippen molar-refractivity contribution in [2.45, 2.75) is 25.9 Å². The molecule has 2 aromatic heterocycles. The number of pyridine rings is 1. The average molecular weight is 264 g/mol. The van der Waals surface area contributed by atoms with Gasteiger partial charge in [-0.3, -0.25) is 0 Å². The molecule has 6 heteroatoms. The fraction of sp³-hybridized carbons (Fsp3) is 0.538. The summed E-state index contributed by atoms with van der Waals surface area (Å²) in [5.74, 6) is 0.708. The summed E-state index contributed by atoms with van der Waals surface area (Å²) >= 11 is 0. The summed E-state index contributed by atoms with van der Waals surface area (Å²) in [6, 6.07) is 2.99. The lowest BCUT2D eigenvalue weighted by Crippen LogP contribution is -2.23. The van der Waals surface area contributed by atoms with Crippen molar-refractivity contribution in [2.24, 2.45) is 5.92 Å². The number of halogens is 1. The molecule has 2 atom stereocenters. The Morgan fingerprint density at radius 1 is 1.53 bits per heavy atom. The largest absolute Gasteiger partial charge is 0.378 e. The minimum atomic E-state index is -0.320. The molecule has 0 spiro atoms. The van der Waals surface area contributed by atoms with Crippen LogP contribution in [0.5, 0.6) is 0 Å². The monoisotopic (exact) mass is 264 g/mol. The Labute approximate surface area is 110 Å². The van der Waals surface area contributed by atoms with Crippen molar-refractivity contribution >= 4 is 11.6 Å². The maximum Gasteiger partial charge on any atom is 0.243 e. The van der Waals surface area contributed by atoms with E-state index in [9.17, 15) is 4.39 Å². The summed E-state index contributed by atoms with van der Waals surface area (Å²) in [6.07, 6.45) is 3.73. The van der Waals surface area contributed by atoms with Gasteiger partial charge in [0, 0.05) is 19.1 Å². The first-order valence-electron chi connectivity index (χ1n) is 6.63. The van der Waals surface area contributed by atoms with Crippen molar-refractivity contribution < 1.29 is 9.13 Å². The molecular formula is C13H17FN4O. The SMILES string of the molecule is CCC1OCCC1CNc1nc2ccc(F)cn2n1. The molecule has 0 saturated carbocycles. The number of fused-ring (bicyclic) bond motifs is 1. The number of rotatable bonds is 4. The molecule has 3 rings (SSSR count). The van der Waals surface area contributed by atoms with E-state index >= 15 is 0 Å². The summed E-state index contributed by atoms with van der Waals surface area (Å²) in [5.41, 5.74) is 0.638. The molecule has 1 aliphatic rings. The van der Waals surface area contributed by atoms with Gasteiger partial charge in [0.25, 0.3) is 0 Å². The summed E-state index contributed by atoms with van der Waals surface area (Å²) in [4.78, 5) is 4.30. The van der Waals surface area contributed by atoms with Crippen LogP contribution in [0.3, 0.4) is 0 Å². The molecule has 2 unspecified atom stereocenters. The highest BCUT2D eigenvalue weighted by atomic mass is 19.1. The van der Waals surface area contributed by atoms with Gasteiger partial charge in [0.2, 0.25) is 5.95 Å². The van der Waals surface area contributed by atoms with Crippen LogP contribution in [0.25, 0.3) is 5.65 Å². The van der Waals surface area contributed by atoms with E-state index in [-0.39, 0.29) is 5.82 Å².